The number of nitrogens with two attached hydrogens (primary N) is 1. The van der Waals surface area contributed by atoms with E-state index >= 15 is 0 Å². The summed E-state index contributed by atoms with van der Waals surface area (Å²) >= 11 is 0. The molecule has 18 heavy (non-hydrogen) atoms. The number of anilines is 1. The second-order valence-corrected chi connectivity index (χ2v) is 5.57. The molecule has 0 spiro atoms. The van der Waals surface area contributed by atoms with Gasteiger partial charge in [0.15, 0.2) is 0 Å². The number of ether oxygens (including phenoxy) is 1. The van der Waals surface area contributed by atoms with Crippen molar-refractivity contribution in [3.8, 4) is 5.75 Å². The van der Waals surface area contributed by atoms with Crippen LogP contribution in [0.5, 0.6) is 5.75 Å². The number of nitrogens with one attached hydrogen (secondary N) is 1. The Morgan fingerprint density at radius 1 is 1.33 bits per heavy atom. The summed E-state index contributed by atoms with van der Waals surface area (Å²) < 4.78 is 5.80. The highest BCUT2D eigenvalue weighted by Crippen LogP contribution is 2.40. The molecular formula is C15H24N2O. The van der Waals surface area contributed by atoms with Crippen molar-refractivity contribution in [2.75, 3.05) is 18.4 Å². The lowest BCUT2D eigenvalue weighted by atomic mass is 9.69. The first-order chi connectivity index (χ1) is 8.65. The summed E-state index contributed by atoms with van der Waals surface area (Å²) in [5.41, 5.74) is 7.27. The fraction of sp³-hybridized carbons (Fsp3) is 0.600. The fourth-order valence-electron chi connectivity index (χ4n) is 2.38. The first kappa shape index (κ1) is 13.2. The van der Waals surface area contributed by atoms with Crippen LogP contribution < -0.4 is 15.8 Å². The van der Waals surface area contributed by atoms with Gasteiger partial charge in [-0.25, -0.2) is 0 Å². The molecule has 0 bridgehead atoms. The lowest BCUT2D eigenvalue weighted by Gasteiger charge is -2.41. The predicted octanol–water partition coefficient (Wildman–Crippen LogP) is 3.01. The molecule has 1 aliphatic rings. The zero-order valence-corrected chi connectivity index (χ0v) is 11.4. The van der Waals surface area contributed by atoms with Crippen LogP contribution >= 0.6 is 0 Å². The van der Waals surface area contributed by atoms with Gasteiger partial charge in [0.2, 0.25) is 0 Å². The van der Waals surface area contributed by atoms with E-state index in [4.69, 9.17) is 10.5 Å². The number of para-hydroxylation sites is 2. The van der Waals surface area contributed by atoms with E-state index in [1.165, 1.54) is 19.3 Å². The van der Waals surface area contributed by atoms with Crippen molar-refractivity contribution in [3.63, 3.8) is 0 Å². The molecule has 0 heterocycles. The molecule has 0 saturated heterocycles. The molecule has 0 aliphatic heterocycles. The van der Waals surface area contributed by atoms with Crippen LogP contribution in [0.15, 0.2) is 24.3 Å². The first-order valence-corrected chi connectivity index (χ1v) is 6.85. The van der Waals surface area contributed by atoms with Crippen molar-refractivity contribution in [1.82, 2.24) is 0 Å². The smallest absolute Gasteiger partial charge is 0.142 e. The summed E-state index contributed by atoms with van der Waals surface area (Å²) in [6, 6.07) is 8.12. The molecule has 1 saturated carbocycles. The summed E-state index contributed by atoms with van der Waals surface area (Å²) in [5.74, 6) is 0.930. The minimum atomic E-state index is 0.195. The SMILES string of the molecule is CC(C)Oc1ccccc1NCC1(CN)CCC1. The van der Waals surface area contributed by atoms with Gasteiger partial charge in [0.05, 0.1) is 11.8 Å². The number of rotatable bonds is 6. The molecule has 2 rings (SSSR count). The van der Waals surface area contributed by atoms with Crippen LogP contribution in [0.25, 0.3) is 0 Å². The monoisotopic (exact) mass is 248 g/mol. The van der Waals surface area contributed by atoms with Gasteiger partial charge in [-0.15, -0.1) is 0 Å². The van der Waals surface area contributed by atoms with Crippen molar-refractivity contribution < 1.29 is 4.74 Å². The van der Waals surface area contributed by atoms with Crippen LogP contribution in [0.1, 0.15) is 33.1 Å². The molecule has 0 atom stereocenters. The Hall–Kier alpha value is -1.22. The zero-order chi connectivity index (χ0) is 13.0. The molecule has 1 aromatic carbocycles. The second kappa shape index (κ2) is 5.61. The maximum Gasteiger partial charge on any atom is 0.142 e. The van der Waals surface area contributed by atoms with Gasteiger partial charge < -0.3 is 15.8 Å². The van der Waals surface area contributed by atoms with Crippen LogP contribution in [0, 0.1) is 5.41 Å². The Morgan fingerprint density at radius 2 is 2.06 bits per heavy atom. The van der Waals surface area contributed by atoms with Gasteiger partial charge in [0.25, 0.3) is 0 Å². The van der Waals surface area contributed by atoms with E-state index < -0.39 is 0 Å². The van der Waals surface area contributed by atoms with Crippen LogP contribution in [-0.2, 0) is 0 Å². The van der Waals surface area contributed by atoms with Crippen LogP contribution in [0.4, 0.5) is 5.69 Å². The zero-order valence-electron chi connectivity index (χ0n) is 11.4. The van der Waals surface area contributed by atoms with E-state index in [1.54, 1.807) is 0 Å². The molecule has 3 nitrogen and oxygen atoms in total. The van der Waals surface area contributed by atoms with E-state index in [-0.39, 0.29) is 6.10 Å². The standard InChI is InChI=1S/C15H24N2O/c1-12(2)18-14-7-4-3-6-13(14)17-11-15(10-16)8-5-9-15/h3-4,6-7,12,17H,5,8-11,16H2,1-2H3. The average molecular weight is 248 g/mol. The Kier molecular flexibility index (Phi) is 4.12. The lowest BCUT2D eigenvalue weighted by molar-refractivity contribution is 0.162. The Balaban J connectivity index is 2.00. The maximum atomic E-state index is 5.88. The molecule has 0 aromatic heterocycles. The quantitative estimate of drug-likeness (QED) is 0.813. The van der Waals surface area contributed by atoms with E-state index in [9.17, 15) is 0 Å². The molecule has 0 unspecified atom stereocenters. The molecule has 3 heteroatoms. The molecule has 0 radical (unpaired) electrons. The molecule has 100 valence electrons. The average Bonchev–Trinajstić information content (AvgIpc) is 2.29. The molecule has 1 aromatic rings. The molecule has 1 fully saturated rings. The number of hydrogen-bond acceptors (Lipinski definition) is 3. The highest BCUT2D eigenvalue weighted by atomic mass is 16.5. The first-order valence-electron chi connectivity index (χ1n) is 6.85. The summed E-state index contributed by atoms with van der Waals surface area (Å²) in [7, 11) is 0. The molecule has 3 N–H and O–H groups in total. The fourth-order valence-corrected chi connectivity index (χ4v) is 2.38. The van der Waals surface area contributed by atoms with Crippen LogP contribution in [0.3, 0.4) is 0 Å². The predicted molar refractivity (Wildman–Crippen MR) is 76.0 cm³/mol. The summed E-state index contributed by atoms with van der Waals surface area (Å²) in [6.45, 7) is 5.81. The molecule has 0 amide bonds. The van der Waals surface area contributed by atoms with E-state index in [1.807, 2.05) is 32.0 Å². The van der Waals surface area contributed by atoms with Crippen LogP contribution in [0.2, 0.25) is 0 Å². The normalized spacial score (nSPS) is 17.3. The molecule has 1 aliphatic carbocycles. The van der Waals surface area contributed by atoms with E-state index in [2.05, 4.69) is 11.4 Å². The summed E-state index contributed by atoms with van der Waals surface area (Å²) in [5, 5.41) is 3.51. The topological polar surface area (TPSA) is 47.3 Å². The van der Waals surface area contributed by atoms with Crippen LogP contribution in [-0.4, -0.2) is 19.2 Å². The summed E-state index contributed by atoms with van der Waals surface area (Å²) in [4.78, 5) is 0. The highest BCUT2D eigenvalue weighted by molar-refractivity contribution is 5.56. The number of benzene rings is 1. The minimum absolute atomic E-state index is 0.195. The Bertz CT molecular complexity index is 380. The summed E-state index contributed by atoms with van der Waals surface area (Å²) in [6.07, 6.45) is 3.98. The van der Waals surface area contributed by atoms with Crippen molar-refractivity contribution in [2.24, 2.45) is 11.1 Å². The van der Waals surface area contributed by atoms with Gasteiger partial charge in [-0.1, -0.05) is 18.6 Å². The van der Waals surface area contributed by atoms with Gasteiger partial charge in [0, 0.05) is 6.54 Å². The van der Waals surface area contributed by atoms with Gasteiger partial charge in [-0.05, 0) is 50.8 Å². The molecular weight excluding hydrogens is 224 g/mol. The van der Waals surface area contributed by atoms with E-state index in [0.717, 1.165) is 24.5 Å². The van der Waals surface area contributed by atoms with E-state index in [0.29, 0.717) is 5.41 Å². The van der Waals surface area contributed by atoms with Gasteiger partial charge in [-0.3, -0.25) is 0 Å². The highest BCUT2D eigenvalue weighted by Gasteiger charge is 2.35. The third-order valence-electron chi connectivity index (χ3n) is 3.75. The maximum absolute atomic E-state index is 5.88. The van der Waals surface area contributed by atoms with Gasteiger partial charge in [-0.2, -0.15) is 0 Å². The van der Waals surface area contributed by atoms with Gasteiger partial charge in [0.1, 0.15) is 5.75 Å². The Labute approximate surface area is 110 Å². The van der Waals surface area contributed by atoms with Crippen molar-refractivity contribution in [1.29, 1.82) is 0 Å². The Morgan fingerprint density at radius 3 is 2.61 bits per heavy atom. The van der Waals surface area contributed by atoms with Crippen molar-refractivity contribution in [3.05, 3.63) is 24.3 Å². The van der Waals surface area contributed by atoms with Crippen molar-refractivity contribution in [2.45, 2.75) is 39.2 Å². The lowest BCUT2D eigenvalue weighted by Crippen LogP contribution is -2.43. The minimum Gasteiger partial charge on any atom is -0.489 e. The van der Waals surface area contributed by atoms with Crippen molar-refractivity contribution >= 4 is 5.69 Å². The third kappa shape index (κ3) is 2.96. The number of hydrogen-bond donors (Lipinski definition) is 2. The van der Waals surface area contributed by atoms with Gasteiger partial charge >= 0.3 is 0 Å². The third-order valence-corrected chi connectivity index (χ3v) is 3.75. The largest absolute Gasteiger partial charge is 0.489 e. The second-order valence-electron chi connectivity index (χ2n) is 5.57.